The second-order valence-electron chi connectivity index (χ2n) is 2.64. The van der Waals surface area contributed by atoms with E-state index in [1.54, 1.807) is 18.2 Å². The molecule has 0 saturated heterocycles. The van der Waals surface area contributed by atoms with Gasteiger partial charge in [0.15, 0.2) is 0 Å². The van der Waals surface area contributed by atoms with Gasteiger partial charge in [-0.05, 0) is 19.1 Å². The third-order valence-corrected chi connectivity index (χ3v) is 1.72. The van der Waals surface area contributed by atoms with E-state index in [1.807, 2.05) is 25.1 Å². The molecular formula is C10H12NO-. The highest BCUT2D eigenvalue weighted by molar-refractivity contribution is 5.48. The standard InChI is InChI=1S/C10H12NO/c1-3-9(2)11(12)10-7-5-4-6-8-10/h3-9H,1H2,2H3/q-1. The van der Waals surface area contributed by atoms with E-state index >= 15 is 0 Å². The lowest BCUT2D eigenvalue weighted by Gasteiger charge is -2.35. The predicted molar refractivity (Wildman–Crippen MR) is 51.9 cm³/mol. The normalized spacial score (nSPS) is 12.2. The number of nitrogens with zero attached hydrogens (tertiary/aromatic N) is 1. The molecule has 0 aliphatic carbocycles. The van der Waals surface area contributed by atoms with Crippen LogP contribution >= 0.6 is 0 Å². The highest BCUT2D eigenvalue weighted by Crippen LogP contribution is 2.14. The maximum atomic E-state index is 11.4. The summed E-state index contributed by atoms with van der Waals surface area (Å²) in [5.74, 6) is 0. The average Bonchev–Trinajstić information content (AvgIpc) is 2.17. The van der Waals surface area contributed by atoms with Crippen LogP contribution < -0.4 is 5.06 Å². The number of hydroxylamine groups is 1. The van der Waals surface area contributed by atoms with E-state index in [-0.39, 0.29) is 6.04 Å². The first-order valence-corrected chi connectivity index (χ1v) is 3.89. The summed E-state index contributed by atoms with van der Waals surface area (Å²) in [6.07, 6.45) is 1.62. The van der Waals surface area contributed by atoms with Gasteiger partial charge in [-0.15, -0.1) is 6.58 Å². The van der Waals surface area contributed by atoms with Crippen LogP contribution in [-0.4, -0.2) is 6.04 Å². The zero-order valence-corrected chi connectivity index (χ0v) is 7.10. The molecule has 0 amide bonds. The van der Waals surface area contributed by atoms with Gasteiger partial charge < -0.3 is 10.3 Å². The molecule has 0 aliphatic rings. The zero-order chi connectivity index (χ0) is 8.97. The lowest BCUT2D eigenvalue weighted by atomic mass is 10.2. The van der Waals surface area contributed by atoms with E-state index in [4.69, 9.17) is 0 Å². The molecule has 2 heteroatoms. The summed E-state index contributed by atoms with van der Waals surface area (Å²) in [5.41, 5.74) is 0.671. The summed E-state index contributed by atoms with van der Waals surface area (Å²) in [6, 6.07) is 8.97. The van der Waals surface area contributed by atoms with Crippen molar-refractivity contribution in [2.45, 2.75) is 13.0 Å². The number of rotatable bonds is 3. The van der Waals surface area contributed by atoms with Gasteiger partial charge >= 0.3 is 0 Å². The maximum Gasteiger partial charge on any atom is 0.0329 e. The maximum absolute atomic E-state index is 11.4. The molecule has 0 bridgehead atoms. The highest BCUT2D eigenvalue weighted by atomic mass is 16.5. The van der Waals surface area contributed by atoms with Crippen molar-refractivity contribution in [1.82, 2.24) is 0 Å². The highest BCUT2D eigenvalue weighted by Gasteiger charge is 1.98. The van der Waals surface area contributed by atoms with E-state index in [1.165, 1.54) is 0 Å². The van der Waals surface area contributed by atoms with Crippen molar-refractivity contribution < 1.29 is 0 Å². The molecule has 0 heterocycles. The minimum Gasteiger partial charge on any atom is -0.758 e. The van der Waals surface area contributed by atoms with Crippen LogP contribution in [0.15, 0.2) is 43.0 Å². The van der Waals surface area contributed by atoms with Gasteiger partial charge in [-0.2, -0.15) is 0 Å². The van der Waals surface area contributed by atoms with Crippen molar-refractivity contribution in [1.29, 1.82) is 0 Å². The van der Waals surface area contributed by atoms with E-state index in [0.717, 1.165) is 5.06 Å². The number of para-hydroxylation sites is 1. The quantitative estimate of drug-likeness (QED) is 0.504. The number of anilines is 1. The Morgan fingerprint density at radius 2 is 2.00 bits per heavy atom. The Kier molecular flexibility index (Phi) is 2.88. The minimum atomic E-state index is -0.174. The summed E-state index contributed by atoms with van der Waals surface area (Å²) in [4.78, 5) is 0. The fourth-order valence-electron chi connectivity index (χ4n) is 0.906. The van der Waals surface area contributed by atoms with Crippen LogP contribution in [0.2, 0.25) is 0 Å². The average molecular weight is 162 g/mol. The SMILES string of the molecule is C=CC(C)N([O-])c1ccccc1. The summed E-state index contributed by atoms with van der Waals surface area (Å²) < 4.78 is 0. The molecule has 2 nitrogen and oxygen atoms in total. The molecule has 0 fully saturated rings. The molecule has 1 aromatic rings. The Hall–Kier alpha value is -1.28. The van der Waals surface area contributed by atoms with Crippen molar-refractivity contribution in [3.63, 3.8) is 0 Å². The summed E-state index contributed by atoms with van der Waals surface area (Å²) in [5, 5.41) is 12.4. The molecular weight excluding hydrogens is 150 g/mol. The Balaban J connectivity index is 2.78. The van der Waals surface area contributed by atoms with Crippen molar-refractivity contribution in [2.24, 2.45) is 0 Å². The molecule has 1 aromatic carbocycles. The summed E-state index contributed by atoms with van der Waals surface area (Å²) in [7, 11) is 0. The largest absolute Gasteiger partial charge is 0.758 e. The van der Waals surface area contributed by atoms with Gasteiger partial charge in [-0.3, -0.25) is 0 Å². The van der Waals surface area contributed by atoms with E-state index in [2.05, 4.69) is 6.58 Å². The summed E-state index contributed by atoms with van der Waals surface area (Å²) >= 11 is 0. The van der Waals surface area contributed by atoms with Gasteiger partial charge in [0.05, 0.1) is 0 Å². The second kappa shape index (κ2) is 3.93. The van der Waals surface area contributed by atoms with Crippen LogP contribution in [0, 0.1) is 5.21 Å². The van der Waals surface area contributed by atoms with Gasteiger partial charge in [0, 0.05) is 11.7 Å². The van der Waals surface area contributed by atoms with Crippen LogP contribution in [-0.2, 0) is 0 Å². The van der Waals surface area contributed by atoms with Gasteiger partial charge in [-0.1, -0.05) is 24.3 Å². The molecule has 0 aromatic heterocycles. The predicted octanol–water partition coefficient (Wildman–Crippen LogP) is 2.57. The van der Waals surface area contributed by atoms with Gasteiger partial charge in [0.1, 0.15) is 0 Å². The molecule has 1 rings (SSSR count). The molecule has 1 unspecified atom stereocenters. The number of hydrogen-bond donors (Lipinski definition) is 0. The van der Waals surface area contributed by atoms with Crippen LogP contribution in [0.4, 0.5) is 5.69 Å². The fourth-order valence-corrected chi connectivity index (χ4v) is 0.906. The van der Waals surface area contributed by atoms with Crippen molar-refractivity contribution >= 4 is 5.69 Å². The molecule has 0 aliphatic heterocycles. The Bertz CT molecular complexity index is 245. The minimum absolute atomic E-state index is 0.174. The fraction of sp³-hybridized carbons (Fsp3) is 0.200. The third-order valence-electron chi connectivity index (χ3n) is 1.72. The zero-order valence-electron chi connectivity index (χ0n) is 7.10. The Labute approximate surface area is 72.7 Å². The first-order chi connectivity index (χ1) is 5.75. The Morgan fingerprint density at radius 1 is 1.42 bits per heavy atom. The molecule has 0 saturated carbocycles. The van der Waals surface area contributed by atoms with Gasteiger partial charge in [0.25, 0.3) is 0 Å². The second-order valence-corrected chi connectivity index (χ2v) is 2.64. The van der Waals surface area contributed by atoms with Crippen LogP contribution in [0.25, 0.3) is 0 Å². The lowest BCUT2D eigenvalue weighted by molar-refractivity contribution is 0.863. The molecule has 0 radical (unpaired) electrons. The molecule has 0 N–H and O–H groups in total. The topological polar surface area (TPSA) is 26.3 Å². The van der Waals surface area contributed by atoms with Crippen LogP contribution in [0.1, 0.15) is 6.92 Å². The number of benzene rings is 1. The van der Waals surface area contributed by atoms with Gasteiger partial charge in [0.2, 0.25) is 0 Å². The molecule has 0 spiro atoms. The monoisotopic (exact) mass is 162 g/mol. The third kappa shape index (κ3) is 1.86. The van der Waals surface area contributed by atoms with Crippen LogP contribution in [0.5, 0.6) is 0 Å². The van der Waals surface area contributed by atoms with E-state index in [9.17, 15) is 5.21 Å². The van der Waals surface area contributed by atoms with Crippen LogP contribution in [0.3, 0.4) is 0 Å². The van der Waals surface area contributed by atoms with Crippen molar-refractivity contribution in [3.8, 4) is 0 Å². The number of hydrogen-bond acceptors (Lipinski definition) is 2. The lowest BCUT2D eigenvalue weighted by Crippen LogP contribution is -2.24. The molecule has 1 atom stereocenters. The van der Waals surface area contributed by atoms with Crippen molar-refractivity contribution in [3.05, 3.63) is 48.2 Å². The van der Waals surface area contributed by atoms with E-state index < -0.39 is 0 Å². The van der Waals surface area contributed by atoms with E-state index in [0.29, 0.717) is 5.69 Å². The van der Waals surface area contributed by atoms with Gasteiger partial charge in [-0.25, -0.2) is 0 Å². The first-order valence-electron chi connectivity index (χ1n) is 3.89. The van der Waals surface area contributed by atoms with Crippen molar-refractivity contribution in [2.75, 3.05) is 5.06 Å². The molecule has 64 valence electrons. The first kappa shape index (κ1) is 8.81. The smallest absolute Gasteiger partial charge is 0.0329 e. The Morgan fingerprint density at radius 3 is 2.50 bits per heavy atom. The summed E-state index contributed by atoms with van der Waals surface area (Å²) in [6.45, 7) is 5.38. The molecule has 12 heavy (non-hydrogen) atoms.